The van der Waals surface area contributed by atoms with Crippen LogP contribution in [0.3, 0.4) is 0 Å². The Morgan fingerprint density at radius 2 is 1.62 bits per heavy atom. The normalized spacial score (nSPS) is 18.4. The monoisotopic (exact) mass is 394 g/mol. The molecule has 0 bridgehead atoms. The van der Waals surface area contributed by atoms with Crippen molar-refractivity contribution >= 4 is 19.4 Å². The van der Waals surface area contributed by atoms with Crippen LogP contribution in [0.4, 0.5) is 0 Å². The molecule has 1 aliphatic rings. The Balaban J connectivity index is 2.13. The minimum atomic E-state index is -0.978. The first kappa shape index (κ1) is 23.6. The van der Waals surface area contributed by atoms with Gasteiger partial charge in [-0.05, 0) is 79.6 Å². The van der Waals surface area contributed by atoms with Gasteiger partial charge in [-0.3, -0.25) is 4.99 Å². The molecule has 0 aromatic heterocycles. The molecule has 0 aliphatic heterocycles. The van der Waals surface area contributed by atoms with Crippen molar-refractivity contribution in [3.05, 3.63) is 53.5 Å². The van der Waals surface area contributed by atoms with Gasteiger partial charge in [-0.2, -0.15) is 0 Å². The van der Waals surface area contributed by atoms with Crippen molar-refractivity contribution in [1.29, 1.82) is 0 Å². The lowest BCUT2D eigenvalue weighted by Crippen LogP contribution is -2.48. The first-order valence-corrected chi connectivity index (χ1v) is 10.4. The van der Waals surface area contributed by atoms with Gasteiger partial charge in [0.25, 0.3) is 0 Å². The molecule has 4 heteroatoms. The Kier molecular flexibility index (Phi) is 6.43. The summed E-state index contributed by atoms with van der Waals surface area (Å²) in [6.07, 6.45) is 4.02. The summed E-state index contributed by atoms with van der Waals surface area (Å²) in [5.74, 6) is 0. The number of aliphatic hydroxyl groups is 1. The lowest BCUT2D eigenvalue weighted by atomic mass is 9.63. The van der Waals surface area contributed by atoms with Gasteiger partial charge in [0.15, 0.2) is 0 Å². The number of hydrogen-bond acceptors (Lipinski definition) is 3. The first-order valence-electron chi connectivity index (χ1n) is 10.4. The third-order valence-electron chi connectivity index (χ3n) is 6.55. The zero-order valence-corrected chi connectivity index (χ0v) is 19.5. The van der Waals surface area contributed by atoms with E-state index in [1.807, 2.05) is 13.8 Å². The van der Waals surface area contributed by atoms with Crippen LogP contribution in [0.5, 0.6) is 0 Å². The van der Waals surface area contributed by atoms with E-state index in [9.17, 15) is 5.11 Å². The SMILES string of the molecule is C=C([B]OC(C)(C)C(C)(C)O)C=NC(=C)c1ccc2c(c1)C(C)(C)CCC2(C)C. The predicted octanol–water partition coefficient (Wildman–Crippen LogP) is 5.78. The van der Waals surface area contributed by atoms with Crippen LogP contribution < -0.4 is 0 Å². The maximum atomic E-state index is 10.2. The van der Waals surface area contributed by atoms with Crippen LogP contribution in [0.25, 0.3) is 5.70 Å². The van der Waals surface area contributed by atoms with Gasteiger partial charge < -0.3 is 9.76 Å². The smallest absolute Gasteiger partial charge is 0.331 e. The summed E-state index contributed by atoms with van der Waals surface area (Å²) in [7, 11) is 1.53. The van der Waals surface area contributed by atoms with Crippen molar-refractivity contribution in [2.45, 2.75) is 90.3 Å². The van der Waals surface area contributed by atoms with Crippen LogP contribution in [-0.2, 0) is 15.5 Å². The van der Waals surface area contributed by atoms with Gasteiger partial charge in [0.1, 0.15) is 0 Å². The molecule has 0 amide bonds. The maximum Gasteiger partial charge on any atom is 0.331 e. The van der Waals surface area contributed by atoms with Crippen LogP contribution >= 0.6 is 0 Å². The van der Waals surface area contributed by atoms with E-state index in [4.69, 9.17) is 4.65 Å². The second kappa shape index (κ2) is 7.88. The number of aliphatic imine (C=N–C) groups is 1. The van der Waals surface area contributed by atoms with Gasteiger partial charge >= 0.3 is 7.48 Å². The molecule has 0 atom stereocenters. The minimum absolute atomic E-state index is 0.152. The average Bonchev–Trinajstić information content (AvgIpc) is 2.60. The molecule has 2 rings (SSSR count). The van der Waals surface area contributed by atoms with Crippen LogP contribution in [0.2, 0.25) is 0 Å². The number of benzene rings is 1. The predicted molar refractivity (Wildman–Crippen MR) is 126 cm³/mol. The molecule has 3 nitrogen and oxygen atoms in total. The summed E-state index contributed by atoms with van der Waals surface area (Å²) >= 11 is 0. The standard InChI is InChI=1S/C25H37BNO2/c1-17(26-29-25(9,10)24(7,8)28)16-27-18(2)19-11-12-20-21(15-19)23(5,6)14-13-22(20,3)4/h11-12,15-16,28H,1-2,13-14H2,3-10H3. The Bertz CT molecular complexity index is 826. The molecule has 1 N–H and O–H groups in total. The molecule has 29 heavy (non-hydrogen) atoms. The number of rotatable bonds is 7. The summed E-state index contributed by atoms with van der Waals surface area (Å²) in [6.45, 7) is 24.5. The van der Waals surface area contributed by atoms with E-state index >= 15 is 0 Å². The molecular formula is C25H37BNO2. The van der Waals surface area contributed by atoms with Gasteiger partial charge in [0.2, 0.25) is 0 Å². The molecule has 0 fully saturated rings. The molecular weight excluding hydrogens is 357 g/mol. The lowest BCUT2D eigenvalue weighted by molar-refractivity contribution is -0.0895. The Morgan fingerprint density at radius 3 is 2.17 bits per heavy atom. The van der Waals surface area contributed by atoms with Crippen LogP contribution in [0.15, 0.2) is 41.8 Å². The highest BCUT2D eigenvalue weighted by Crippen LogP contribution is 2.46. The van der Waals surface area contributed by atoms with Crippen molar-refractivity contribution < 1.29 is 9.76 Å². The van der Waals surface area contributed by atoms with Gasteiger partial charge in [-0.25, -0.2) is 0 Å². The molecule has 1 aromatic carbocycles. The summed E-state index contributed by atoms with van der Waals surface area (Å²) in [4.78, 5) is 4.50. The van der Waals surface area contributed by atoms with E-state index in [0.29, 0.717) is 11.2 Å². The summed E-state index contributed by atoms with van der Waals surface area (Å²) < 4.78 is 5.72. The van der Waals surface area contributed by atoms with Crippen LogP contribution in [0.1, 0.15) is 84.9 Å². The van der Waals surface area contributed by atoms with Gasteiger partial charge in [0, 0.05) is 6.21 Å². The molecule has 0 saturated carbocycles. The molecule has 0 unspecified atom stereocenters. The fourth-order valence-corrected chi connectivity index (χ4v) is 3.40. The minimum Gasteiger partial charge on any atom is -0.427 e. The van der Waals surface area contributed by atoms with E-state index < -0.39 is 11.2 Å². The van der Waals surface area contributed by atoms with Crippen molar-refractivity contribution in [2.24, 2.45) is 4.99 Å². The van der Waals surface area contributed by atoms with E-state index in [1.165, 1.54) is 31.5 Å². The van der Waals surface area contributed by atoms with Crippen LogP contribution in [0, 0.1) is 0 Å². The second-order valence-electron chi connectivity index (χ2n) is 10.6. The van der Waals surface area contributed by atoms with Crippen molar-refractivity contribution in [1.82, 2.24) is 0 Å². The molecule has 1 radical (unpaired) electrons. The van der Waals surface area contributed by atoms with Crippen molar-refractivity contribution in [2.75, 3.05) is 0 Å². The average molecular weight is 394 g/mol. The molecule has 0 saturated heterocycles. The first-order chi connectivity index (χ1) is 13.1. The third kappa shape index (κ3) is 5.29. The van der Waals surface area contributed by atoms with Gasteiger partial charge in [-0.15, -0.1) is 6.58 Å². The van der Waals surface area contributed by atoms with Gasteiger partial charge in [0.05, 0.1) is 16.9 Å². The molecule has 1 aliphatic carbocycles. The van der Waals surface area contributed by atoms with Crippen molar-refractivity contribution in [3.63, 3.8) is 0 Å². The van der Waals surface area contributed by atoms with Gasteiger partial charge in [-0.1, -0.05) is 46.4 Å². The quantitative estimate of drug-likeness (QED) is 0.471. The number of allylic oxidation sites excluding steroid dienone is 1. The number of nitrogens with zero attached hydrogens (tertiary/aromatic N) is 1. The fourth-order valence-electron chi connectivity index (χ4n) is 3.40. The molecule has 0 spiro atoms. The summed E-state index contributed by atoms with van der Waals surface area (Å²) in [5.41, 5.74) is 3.78. The maximum absolute atomic E-state index is 10.2. The number of hydrogen-bond donors (Lipinski definition) is 1. The molecule has 0 heterocycles. The third-order valence-corrected chi connectivity index (χ3v) is 6.55. The zero-order valence-electron chi connectivity index (χ0n) is 19.5. The van der Waals surface area contributed by atoms with E-state index in [0.717, 1.165) is 5.56 Å². The summed E-state index contributed by atoms with van der Waals surface area (Å²) in [5, 5.41) is 10.2. The van der Waals surface area contributed by atoms with Crippen LogP contribution in [-0.4, -0.2) is 30.0 Å². The largest absolute Gasteiger partial charge is 0.427 e. The second-order valence-corrected chi connectivity index (χ2v) is 10.6. The molecule has 1 aromatic rings. The van der Waals surface area contributed by atoms with E-state index in [-0.39, 0.29) is 10.8 Å². The zero-order chi connectivity index (χ0) is 22.3. The van der Waals surface area contributed by atoms with Crippen molar-refractivity contribution in [3.8, 4) is 0 Å². The summed E-state index contributed by atoms with van der Waals surface area (Å²) in [6, 6.07) is 6.60. The Morgan fingerprint density at radius 1 is 1.07 bits per heavy atom. The Labute approximate surface area is 178 Å². The lowest BCUT2D eigenvalue weighted by Gasteiger charge is -2.42. The van der Waals surface area contributed by atoms with E-state index in [2.05, 4.69) is 64.0 Å². The highest BCUT2D eigenvalue weighted by Gasteiger charge is 2.37. The Hall–Kier alpha value is -1.65. The highest BCUT2D eigenvalue weighted by atomic mass is 16.5. The van der Waals surface area contributed by atoms with E-state index in [1.54, 1.807) is 20.1 Å². The fraction of sp³-hybridized carbons (Fsp3) is 0.560. The number of fused-ring (bicyclic) bond motifs is 1. The topological polar surface area (TPSA) is 41.8 Å². The highest BCUT2D eigenvalue weighted by molar-refractivity contribution is 6.46. The molecule has 157 valence electrons.